The maximum absolute atomic E-state index is 11.7. The first-order valence-electron chi connectivity index (χ1n) is 6.05. The molecule has 0 unspecified atom stereocenters. The molecule has 0 aliphatic heterocycles. The van der Waals surface area contributed by atoms with Crippen LogP contribution in [0.2, 0.25) is 5.15 Å². The molecule has 0 fully saturated rings. The zero-order valence-electron chi connectivity index (χ0n) is 10.3. The summed E-state index contributed by atoms with van der Waals surface area (Å²) >= 11 is 5.61. The normalized spacial score (nSPS) is 10.2. The van der Waals surface area contributed by atoms with Gasteiger partial charge in [-0.3, -0.25) is 4.79 Å². The third kappa shape index (κ3) is 4.34. The molecule has 98 valence electrons. The first-order chi connectivity index (χ1) is 9.25. The van der Waals surface area contributed by atoms with Crippen molar-refractivity contribution in [2.75, 3.05) is 6.54 Å². The van der Waals surface area contributed by atoms with E-state index in [-0.39, 0.29) is 16.8 Å². The summed E-state index contributed by atoms with van der Waals surface area (Å²) in [5, 5.41) is 3.08. The van der Waals surface area contributed by atoms with Gasteiger partial charge in [-0.25, -0.2) is 9.97 Å². The number of amides is 1. The Morgan fingerprint density at radius 3 is 2.63 bits per heavy atom. The molecule has 2 aromatic rings. The standard InChI is InChI=1S/C14H14ClN3O/c15-13-10-17-12(9-18-13)14(19)16-8-4-7-11-5-2-1-3-6-11/h1-3,5-6,9-10H,4,7-8H2,(H,16,19). The quantitative estimate of drug-likeness (QED) is 0.853. The molecule has 19 heavy (non-hydrogen) atoms. The zero-order valence-corrected chi connectivity index (χ0v) is 11.1. The number of carbonyl (C=O) groups excluding carboxylic acids is 1. The number of hydrogen-bond donors (Lipinski definition) is 1. The van der Waals surface area contributed by atoms with Crippen molar-refractivity contribution in [1.82, 2.24) is 15.3 Å². The molecule has 2 rings (SSSR count). The molecule has 1 heterocycles. The third-order valence-corrected chi connectivity index (χ3v) is 2.82. The van der Waals surface area contributed by atoms with Crippen LogP contribution in [0.3, 0.4) is 0 Å². The van der Waals surface area contributed by atoms with Gasteiger partial charge in [0, 0.05) is 6.54 Å². The van der Waals surface area contributed by atoms with E-state index in [0.29, 0.717) is 6.54 Å². The molecule has 0 bridgehead atoms. The van der Waals surface area contributed by atoms with Crippen molar-refractivity contribution < 1.29 is 4.79 Å². The number of carbonyl (C=O) groups is 1. The number of hydrogen-bond acceptors (Lipinski definition) is 3. The number of rotatable bonds is 5. The fourth-order valence-electron chi connectivity index (χ4n) is 1.66. The second kappa shape index (κ2) is 6.85. The second-order valence-electron chi connectivity index (χ2n) is 4.07. The predicted octanol–water partition coefficient (Wildman–Crippen LogP) is 2.49. The average Bonchev–Trinajstić information content (AvgIpc) is 2.45. The number of nitrogens with one attached hydrogen (secondary N) is 1. The molecule has 0 radical (unpaired) electrons. The number of benzene rings is 1. The SMILES string of the molecule is O=C(NCCCc1ccccc1)c1cnc(Cl)cn1. The summed E-state index contributed by atoms with van der Waals surface area (Å²) < 4.78 is 0. The summed E-state index contributed by atoms with van der Waals surface area (Å²) in [6.07, 6.45) is 4.56. The van der Waals surface area contributed by atoms with Crippen molar-refractivity contribution in [2.45, 2.75) is 12.8 Å². The van der Waals surface area contributed by atoms with Crippen molar-refractivity contribution in [1.29, 1.82) is 0 Å². The van der Waals surface area contributed by atoms with Crippen LogP contribution in [0, 0.1) is 0 Å². The van der Waals surface area contributed by atoms with Crippen LogP contribution >= 0.6 is 11.6 Å². The lowest BCUT2D eigenvalue weighted by Gasteiger charge is -2.04. The van der Waals surface area contributed by atoms with Crippen molar-refractivity contribution in [3.63, 3.8) is 0 Å². The fourth-order valence-corrected chi connectivity index (χ4v) is 1.76. The van der Waals surface area contributed by atoms with Gasteiger partial charge in [-0.05, 0) is 18.4 Å². The molecule has 1 N–H and O–H groups in total. The third-order valence-electron chi connectivity index (χ3n) is 2.62. The Labute approximate surface area is 116 Å². The molecule has 4 nitrogen and oxygen atoms in total. The van der Waals surface area contributed by atoms with Crippen LogP contribution in [0.4, 0.5) is 0 Å². The summed E-state index contributed by atoms with van der Waals surface area (Å²) in [7, 11) is 0. The molecular formula is C14H14ClN3O. The molecule has 0 spiro atoms. The van der Waals surface area contributed by atoms with E-state index in [4.69, 9.17) is 11.6 Å². The van der Waals surface area contributed by atoms with E-state index in [1.165, 1.54) is 18.0 Å². The number of nitrogens with zero attached hydrogens (tertiary/aromatic N) is 2. The van der Waals surface area contributed by atoms with Gasteiger partial charge >= 0.3 is 0 Å². The Bertz CT molecular complexity index is 528. The van der Waals surface area contributed by atoms with Crippen LogP contribution in [0.15, 0.2) is 42.7 Å². The Balaban J connectivity index is 1.74. The summed E-state index contributed by atoms with van der Waals surface area (Å²) in [6.45, 7) is 0.609. The van der Waals surface area contributed by atoms with E-state index in [2.05, 4.69) is 27.4 Å². The summed E-state index contributed by atoms with van der Waals surface area (Å²) in [5.74, 6) is -0.225. The van der Waals surface area contributed by atoms with Crippen LogP contribution in [0.1, 0.15) is 22.5 Å². The van der Waals surface area contributed by atoms with Crippen LogP contribution in [0.25, 0.3) is 0 Å². The van der Waals surface area contributed by atoms with E-state index in [9.17, 15) is 4.79 Å². The van der Waals surface area contributed by atoms with Gasteiger partial charge in [0.25, 0.3) is 5.91 Å². The minimum atomic E-state index is -0.225. The Kier molecular flexibility index (Phi) is 4.86. The maximum Gasteiger partial charge on any atom is 0.271 e. The predicted molar refractivity (Wildman–Crippen MR) is 74.1 cm³/mol. The molecule has 1 aromatic heterocycles. The number of aromatic nitrogens is 2. The van der Waals surface area contributed by atoms with E-state index in [1.807, 2.05) is 18.2 Å². The highest BCUT2D eigenvalue weighted by atomic mass is 35.5. The Hall–Kier alpha value is -1.94. The minimum absolute atomic E-state index is 0.225. The van der Waals surface area contributed by atoms with Gasteiger partial charge in [-0.15, -0.1) is 0 Å². The topological polar surface area (TPSA) is 54.9 Å². The smallest absolute Gasteiger partial charge is 0.271 e. The largest absolute Gasteiger partial charge is 0.351 e. The first kappa shape index (κ1) is 13.5. The molecular weight excluding hydrogens is 262 g/mol. The molecule has 1 amide bonds. The van der Waals surface area contributed by atoms with Gasteiger partial charge in [-0.1, -0.05) is 41.9 Å². The van der Waals surface area contributed by atoms with Gasteiger partial charge in [0.1, 0.15) is 10.8 Å². The average molecular weight is 276 g/mol. The molecule has 1 aromatic carbocycles. The second-order valence-corrected chi connectivity index (χ2v) is 4.46. The van der Waals surface area contributed by atoms with Crippen LogP contribution in [0.5, 0.6) is 0 Å². The summed E-state index contributed by atoms with van der Waals surface area (Å²) in [5.41, 5.74) is 1.55. The van der Waals surface area contributed by atoms with Crippen molar-refractivity contribution in [3.8, 4) is 0 Å². The molecule has 0 saturated heterocycles. The molecule has 5 heteroatoms. The lowest BCUT2D eigenvalue weighted by atomic mass is 10.1. The van der Waals surface area contributed by atoms with Crippen molar-refractivity contribution in [2.24, 2.45) is 0 Å². The summed E-state index contributed by atoms with van der Waals surface area (Å²) in [4.78, 5) is 19.4. The number of aryl methyl sites for hydroxylation is 1. The first-order valence-corrected chi connectivity index (χ1v) is 6.43. The molecule has 0 aliphatic rings. The molecule has 0 atom stereocenters. The fraction of sp³-hybridized carbons (Fsp3) is 0.214. The van der Waals surface area contributed by atoms with Gasteiger partial charge in [0.05, 0.1) is 12.4 Å². The van der Waals surface area contributed by atoms with E-state index >= 15 is 0 Å². The van der Waals surface area contributed by atoms with Crippen LogP contribution in [-0.2, 0) is 6.42 Å². The van der Waals surface area contributed by atoms with Crippen LogP contribution in [-0.4, -0.2) is 22.4 Å². The minimum Gasteiger partial charge on any atom is -0.351 e. The van der Waals surface area contributed by atoms with Crippen molar-refractivity contribution >= 4 is 17.5 Å². The maximum atomic E-state index is 11.7. The lowest BCUT2D eigenvalue weighted by molar-refractivity contribution is 0.0948. The van der Waals surface area contributed by atoms with Gasteiger partial charge in [0.2, 0.25) is 0 Å². The van der Waals surface area contributed by atoms with E-state index in [1.54, 1.807) is 0 Å². The molecule has 0 saturated carbocycles. The van der Waals surface area contributed by atoms with E-state index in [0.717, 1.165) is 12.8 Å². The van der Waals surface area contributed by atoms with E-state index < -0.39 is 0 Å². The van der Waals surface area contributed by atoms with Gasteiger partial charge in [-0.2, -0.15) is 0 Å². The zero-order chi connectivity index (χ0) is 13.5. The highest BCUT2D eigenvalue weighted by molar-refractivity contribution is 6.29. The highest BCUT2D eigenvalue weighted by Crippen LogP contribution is 2.03. The van der Waals surface area contributed by atoms with Crippen LogP contribution < -0.4 is 5.32 Å². The monoisotopic (exact) mass is 275 g/mol. The highest BCUT2D eigenvalue weighted by Gasteiger charge is 2.06. The number of halogens is 1. The molecule has 0 aliphatic carbocycles. The lowest BCUT2D eigenvalue weighted by Crippen LogP contribution is -2.25. The summed E-state index contributed by atoms with van der Waals surface area (Å²) in [6, 6.07) is 10.2. The Morgan fingerprint density at radius 2 is 1.95 bits per heavy atom. The van der Waals surface area contributed by atoms with Gasteiger partial charge < -0.3 is 5.32 Å². The van der Waals surface area contributed by atoms with Crippen molar-refractivity contribution in [3.05, 3.63) is 59.1 Å². The van der Waals surface area contributed by atoms with Gasteiger partial charge in [0.15, 0.2) is 0 Å². The Morgan fingerprint density at radius 1 is 1.16 bits per heavy atom.